The maximum atomic E-state index is 11.5. The third kappa shape index (κ3) is 1.86. The number of benzene rings is 1. The van der Waals surface area contributed by atoms with Gasteiger partial charge in [0.25, 0.3) is 0 Å². The summed E-state index contributed by atoms with van der Waals surface area (Å²) >= 11 is 1.20. The Balaban J connectivity index is 2.02. The second-order valence-electron chi connectivity index (χ2n) is 4.55. The Kier molecular flexibility index (Phi) is 2.71. The Morgan fingerprint density at radius 2 is 2.11 bits per heavy atom. The summed E-state index contributed by atoms with van der Waals surface area (Å²) in [7, 11) is 0. The minimum atomic E-state index is -1.14. The van der Waals surface area contributed by atoms with Gasteiger partial charge >= 0.3 is 5.97 Å². The Morgan fingerprint density at radius 1 is 1.37 bits per heavy atom. The summed E-state index contributed by atoms with van der Waals surface area (Å²) in [6.07, 6.45) is 0.861. The van der Waals surface area contributed by atoms with Crippen LogP contribution in [0.5, 0.6) is 0 Å². The van der Waals surface area contributed by atoms with Crippen LogP contribution < -0.4 is 0 Å². The van der Waals surface area contributed by atoms with Crippen LogP contribution in [0, 0.1) is 0 Å². The summed E-state index contributed by atoms with van der Waals surface area (Å²) in [5, 5.41) is 9.81. The maximum Gasteiger partial charge on any atom is 0.356 e. The number of carbonyl (C=O) groups excluding carboxylic acids is 1. The van der Waals surface area contributed by atoms with Crippen molar-refractivity contribution in [3.05, 3.63) is 51.0 Å². The summed E-state index contributed by atoms with van der Waals surface area (Å²) in [6.45, 7) is 1.37. The first-order valence-corrected chi connectivity index (χ1v) is 6.72. The lowest BCUT2D eigenvalue weighted by Crippen LogP contribution is -2.17. The molecule has 3 rings (SSSR count). The van der Waals surface area contributed by atoms with E-state index in [0.29, 0.717) is 0 Å². The molecular weight excluding hydrogens is 262 g/mol. The fourth-order valence-electron chi connectivity index (χ4n) is 2.35. The topological polar surface area (TPSA) is 67.3 Å². The maximum absolute atomic E-state index is 11.5. The van der Waals surface area contributed by atoms with E-state index >= 15 is 0 Å². The van der Waals surface area contributed by atoms with E-state index in [2.05, 4.69) is 11.1 Å². The van der Waals surface area contributed by atoms with Crippen LogP contribution in [0.2, 0.25) is 0 Å². The smallest absolute Gasteiger partial charge is 0.356 e. The largest absolute Gasteiger partial charge is 0.476 e. The molecule has 1 aliphatic carbocycles. The van der Waals surface area contributed by atoms with Gasteiger partial charge in [-0.15, -0.1) is 11.3 Å². The number of carboxylic acid groups (broad SMARTS) is 1. The Labute approximate surface area is 113 Å². The molecule has 96 valence electrons. The monoisotopic (exact) mass is 273 g/mol. The number of aromatic nitrogens is 1. The van der Waals surface area contributed by atoms with E-state index in [1.807, 2.05) is 18.2 Å². The first kappa shape index (κ1) is 12.0. The summed E-state index contributed by atoms with van der Waals surface area (Å²) in [5.74, 6) is -1.25. The van der Waals surface area contributed by atoms with Crippen LogP contribution in [0.15, 0.2) is 24.3 Å². The van der Waals surface area contributed by atoms with Crippen molar-refractivity contribution in [2.75, 3.05) is 0 Å². The number of hydrogen-bond donors (Lipinski definition) is 1. The van der Waals surface area contributed by atoms with Gasteiger partial charge in [0.2, 0.25) is 0 Å². The molecule has 5 heteroatoms. The molecular formula is C14H11NO3S. The van der Waals surface area contributed by atoms with E-state index in [0.717, 1.165) is 11.4 Å². The number of thiazole rings is 1. The summed E-state index contributed by atoms with van der Waals surface area (Å²) < 4.78 is 0. The van der Waals surface area contributed by atoms with E-state index in [1.165, 1.54) is 29.4 Å². The Hall–Kier alpha value is -2.01. The van der Waals surface area contributed by atoms with Crippen LogP contribution in [-0.4, -0.2) is 21.8 Å². The van der Waals surface area contributed by atoms with Gasteiger partial charge in [-0.25, -0.2) is 9.78 Å². The minimum absolute atomic E-state index is 0.114. The fourth-order valence-corrected chi connectivity index (χ4v) is 3.42. The number of rotatable bonds is 3. The average molecular weight is 273 g/mol. The molecule has 1 heterocycles. The molecule has 1 aromatic heterocycles. The van der Waals surface area contributed by atoms with Gasteiger partial charge in [-0.05, 0) is 17.5 Å². The highest BCUT2D eigenvalue weighted by molar-refractivity contribution is 7.14. The SMILES string of the molecule is CC(=O)c1sc(C2Cc3ccccc32)nc1C(=O)O. The van der Waals surface area contributed by atoms with E-state index in [1.54, 1.807) is 0 Å². The first-order chi connectivity index (χ1) is 9.08. The van der Waals surface area contributed by atoms with Crippen LogP contribution in [0.3, 0.4) is 0 Å². The molecule has 4 nitrogen and oxygen atoms in total. The van der Waals surface area contributed by atoms with Gasteiger partial charge in [-0.1, -0.05) is 24.3 Å². The van der Waals surface area contributed by atoms with Crippen molar-refractivity contribution >= 4 is 23.1 Å². The second-order valence-corrected chi connectivity index (χ2v) is 5.58. The molecule has 0 radical (unpaired) electrons. The first-order valence-electron chi connectivity index (χ1n) is 5.90. The van der Waals surface area contributed by atoms with Crippen molar-refractivity contribution < 1.29 is 14.7 Å². The van der Waals surface area contributed by atoms with E-state index < -0.39 is 5.97 Å². The van der Waals surface area contributed by atoms with E-state index in [4.69, 9.17) is 5.11 Å². The average Bonchev–Trinajstić information content (AvgIpc) is 2.75. The highest BCUT2D eigenvalue weighted by atomic mass is 32.1. The molecule has 0 spiro atoms. The number of carbonyl (C=O) groups is 2. The lowest BCUT2D eigenvalue weighted by molar-refractivity contribution is 0.0686. The highest BCUT2D eigenvalue weighted by Gasteiger charge is 2.32. The van der Waals surface area contributed by atoms with Crippen LogP contribution >= 0.6 is 11.3 Å². The lowest BCUT2D eigenvalue weighted by atomic mass is 9.78. The van der Waals surface area contributed by atoms with Crippen molar-refractivity contribution in [2.45, 2.75) is 19.3 Å². The molecule has 1 unspecified atom stereocenters. The molecule has 0 amide bonds. The number of carboxylic acids is 1. The van der Waals surface area contributed by atoms with Gasteiger partial charge in [0.05, 0.1) is 0 Å². The number of Topliss-reactive ketones (excluding diaryl/α,β-unsaturated/α-hetero) is 1. The van der Waals surface area contributed by atoms with Crippen molar-refractivity contribution in [2.24, 2.45) is 0 Å². The van der Waals surface area contributed by atoms with Crippen LogP contribution in [-0.2, 0) is 6.42 Å². The summed E-state index contributed by atoms with van der Waals surface area (Å²) in [6, 6.07) is 8.03. The van der Waals surface area contributed by atoms with Gasteiger partial charge in [0.1, 0.15) is 9.88 Å². The van der Waals surface area contributed by atoms with Crippen LogP contribution in [0.1, 0.15) is 49.1 Å². The number of fused-ring (bicyclic) bond motifs is 1. The molecule has 0 bridgehead atoms. The molecule has 0 aliphatic heterocycles. The van der Waals surface area contributed by atoms with E-state index in [9.17, 15) is 9.59 Å². The molecule has 2 aromatic rings. The standard InChI is InChI=1S/C14H11NO3S/c1-7(16)12-11(14(17)18)15-13(19-12)10-6-8-4-2-3-5-9(8)10/h2-5,10H,6H2,1H3,(H,17,18). The Morgan fingerprint density at radius 3 is 2.68 bits per heavy atom. The van der Waals surface area contributed by atoms with Gasteiger partial charge in [0, 0.05) is 12.8 Å². The molecule has 1 N–H and O–H groups in total. The molecule has 1 aromatic carbocycles. The molecule has 0 saturated carbocycles. The molecule has 0 saturated heterocycles. The number of ketones is 1. The fraction of sp³-hybridized carbons (Fsp3) is 0.214. The minimum Gasteiger partial charge on any atom is -0.476 e. The Bertz CT molecular complexity index is 658. The number of aromatic carboxylic acids is 1. The van der Waals surface area contributed by atoms with Crippen molar-refractivity contribution in [1.82, 2.24) is 4.98 Å². The zero-order valence-electron chi connectivity index (χ0n) is 10.2. The normalized spacial score (nSPS) is 16.6. The van der Waals surface area contributed by atoms with Crippen LogP contribution in [0.25, 0.3) is 0 Å². The van der Waals surface area contributed by atoms with Gasteiger partial charge in [0.15, 0.2) is 11.5 Å². The van der Waals surface area contributed by atoms with Crippen LogP contribution in [0.4, 0.5) is 0 Å². The van der Waals surface area contributed by atoms with Crippen molar-refractivity contribution in [1.29, 1.82) is 0 Å². The third-order valence-electron chi connectivity index (χ3n) is 3.32. The second kappa shape index (κ2) is 4.28. The molecule has 19 heavy (non-hydrogen) atoms. The van der Waals surface area contributed by atoms with Gasteiger partial charge in [-0.2, -0.15) is 0 Å². The van der Waals surface area contributed by atoms with Gasteiger partial charge in [-0.3, -0.25) is 4.79 Å². The molecule has 1 aliphatic rings. The number of nitrogens with zero attached hydrogens (tertiary/aromatic N) is 1. The van der Waals surface area contributed by atoms with Crippen molar-refractivity contribution in [3.63, 3.8) is 0 Å². The predicted molar refractivity (Wildman–Crippen MR) is 71.1 cm³/mol. The molecule has 0 fully saturated rings. The molecule has 1 atom stereocenters. The summed E-state index contributed by atoms with van der Waals surface area (Å²) in [4.78, 5) is 27.0. The zero-order valence-corrected chi connectivity index (χ0v) is 11.0. The third-order valence-corrected chi connectivity index (χ3v) is 4.59. The van der Waals surface area contributed by atoms with Crippen molar-refractivity contribution in [3.8, 4) is 0 Å². The predicted octanol–water partition coefficient (Wildman–Crippen LogP) is 2.73. The lowest BCUT2D eigenvalue weighted by Gasteiger charge is -2.28. The number of hydrogen-bond acceptors (Lipinski definition) is 4. The van der Waals surface area contributed by atoms with E-state index in [-0.39, 0.29) is 22.3 Å². The van der Waals surface area contributed by atoms with Gasteiger partial charge < -0.3 is 5.11 Å². The zero-order chi connectivity index (χ0) is 13.6. The quantitative estimate of drug-likeness (QED) is 0.873. The summed E-state index contributed by atoms with van der Waals surface area (Å²) in [5.41, 5.74) is 2.34. The highest BCUT2D eigenvalue weighted by Crippen LogP contribution is 2.42.